The van der Waals surface area contributed by atoms with E-state index in [1.54, 1.807) is 0 Å². The van der Waals surface area contributed by atoms with Gasteiger partial charge in [0.2, 0.25) is 0 Å². The molecule has 6 N–H and O–H groups in total. The second-order valence-corrected chi connectivity index (χ2v) is 3.92. The largest absolute Gasteiger partial charge is 0.480 e. The highest BCUT2D eigenvalue weighted by Gasteiger charge is 2.20. The van der Waals surface area contributed by atoms with Crippen LogP contribution in [0.1, 0.15) is 6.42 Å². The van der Waals surface area contributed by atoms with Gasteiger partial charge in [0.05, 0.1) is 0 Å². The second kappa shape index (κ2) is 6.63. The molecule has 0 aliphatic rings. The van der Waals surface area contributed by atoms with Crippen LogP contribution in [0.2, 0.25) is 0 Å². The summed E-state index contributed by atoms with van der Waals surface area (Å²) < 4.78 is 0. The van der Waals surface area contributed by atoms with E-state index in [9.17, 15) is 9.59 Å². The number of thioether (sulfide) groups is 1. The maximum Gasteiger partial charge on any atom is 0.321 e. The molecule has 0 aromatic rings. The first kappa shape index (κ1) is 13.2. The molecule has 0 bridgehead atoms. The molecule has 0 saturated carbocycles. The van der Waals surface area contributed by atoms with Crippen LogP contribution in [-0.2, 0) is 9.59 Å². The molecule has 2 atom stereocenters. The van der Waals surface area contributed by atoms with Crippen LogP contribution in [0, 0.1) is 0 Å². The van der Waals surface area contributed by atoms with Crippen LogP contribution in [0.15, 0.2) is 0 Å². The van der Waals surface area contributed by atoms with Crippen molar-refractivity contribution in [2.24, 2.45) is 11.5 Å². The Morgan fingerprint density at radius 3 is 2.21 bits per heavy atom. The molecule has 0 fully saturated rings. The summed E-state index contributed by atoms with van der Waals surface area (Å²) in [6, 6.07) is -1.03. The predicted molar refractivity (Wildman–Crippen MR) is 53.2 cm³/mol. The van der Waals surface area contributed by atoms with E-state index in [1.165, 1.54) is 0 Å². The van der Waals surface area contributed by atoms with Crippen molar-refractivity contribution < 1.29 is 19.8 Å². The molecule has 0 aromatic carbocycles. The molecular weight excluding hydrogens is 208 g/mol. The smallest absolute Gasteiger partial charge is 0.321 e. The molecule has 2 unspecified atom stereocenters. The van der Waals surface area contributed by atoms with Gasteiger partial charge >= 0.3 is 11.9 Å². The van der Waals surface area contributed by atoms with Crippen molar-refractivity contribution in [2.45, 2.75) is 17.7 Å². The van der Waals surface area contributed by atoms with Gasteiger partial charge in [-0.3, -0.25) is 9.59 Å². The topological polar surface area (TPSA) is 127 Å². The maximum absolute atomic E-state index is 10.6. The zero-order valence-electron chi connectivity index (χ0n) is 7.55. The summed E-state index contributed by atoms with van der Waals surface area (Å²) in [6.07, 6.45) is 0.312. The third-order valence-corrected chi connectivity index (χ3v) is 2.89. The van der Waals surface area contributed by atoms with E-state index in [4.69, 9.17) is 21.7 Å². The number of carboxylic acids is 2. The average molecular weight is 222 g/mol. The highest BCUT2D eigenvalue weighted by Crippen LogP contribution is 2.15. The Bertz CT molecular complexity index is 212. The molecule has 0 radical (unpaired) electrons. The molecule has 7 heteroatoms. The summed E-state index contributed by atoms with van der Waals surface area (Å²) in [5.41, 5.74) is 10.4. The van der Waals surface area contributed by atoms with Gasteiger partial charge in [0.1, 0.15) is 11.3 Å². The molecule has 0 aromatic heterocycles. The van der Waals surface area contributed by atoms with Crippen LogP contribution in [0.3, 0.4) is 0 Å². The minimum Gasteiger partial charge on any atom is -0.480 e. The van der Waals surface area contributed by atoms with E-state index in [1.807, 2.05) is 0 Å². The zero-order valence-corrected chi connectivity index (χ0v) is 8.37. The van der Waals surface area contributed by atoms with Gasteiger partial charge in [0, 0.05) is 5.75 Å². The highest BCUT2D eigenvalue weighted by molar-refractivity contribution is 8.00. The average Bonchev–Trinajstić information content (AvgIpc) is 2.10. The minimum absolute atomic E-state index is 0.0757. The van der Waals surface area contributed by atoms with Gasteiger partial charge < -0.3 is 21.7 Å². The fourth-order valence-corrected chi connectivity index (χ4v) is 1.75. The van der Waals surface area contributed by atoms with Crippen molar-refractivity contribution in [3.8, 4) is 0 Å². The number of aliphatic carboxylic acids is 2. The Balaban J connectivity index is 3.93. The fraction of sp³-hybridized carbons (Fsp3) is 0.714. The second-order valence-electron chi connectivity index (χ2n) is 2.68. The summed E-state index contributed by atoms with van der Waals surface area (Å²) in [4.78, 5) is 20.9. The lowest BCUT2D eigenvalue weighted by Crippen LogP contribution is -2.34. The molecule has 0 spiro atoms. The van der Waals surface area contributed by atoms with E-state index in [0.29, 0.717) is 6.42 Å². The molecular formula is C7H14N2O4S. The number of nitrogens with two attached hydrogens (primary N) is 2. The third kappa shape index (κ3) is 5.05. The number of carbonyl (C=O) groups is 2. The number of rotatable bonds is 7. The van der Waals surface area contributed by atoms with Crippen LogP contribution >= 0.6 is 11.8 Å². The van der Waals surface area contributed by atoms with E-state index in [0.717, 1.165) is 11.8 Å². The van der Waals surface area contributed by atoms with Crippen molar-refractivity contribution in [3.63, 3.8) is 0 Å². The predicted octanol–water partition coefficient (Wildman–Crippen LogP) is -1.07. The molecule has 14 heavy (non-hydrogen) atoms. The first-order chi connectivity index (χ1) is 6.49. The normalized spacial score (nSPS) is 14.7. The van der Waals surface area contributed by atoms with Gasteiger partial charge in [-0.15, -0.1) is 11.8 Å². The zero-order chi connectivity index (χ0) is 11.1. The van der Waals surface area contributed by atoms with Crippen LogP contribution < -0.4 is 11.5 Å². The Labute approximate surface area is 85.6 Å². The lowest BCUT2D eigenvalue weighted by molar-refractivity contribution is -0.138. The molecule has 0 rings (SSSR count). The first-order valence-electron chi connectivity index (χ1n) is 4.02. The lowest BCUT2D eigenvalue weighted by atomic mass is 10.3. The summed E-state index contributed by atoms with van der Waals surface area (Å²) in [5, 5.41) is 16.5. The molecule has 0 amide bonds. The van der Waals surface area contributed by atoms with Gasteiger partial charge in [-0.25, -0.2) is 0 Å². The van der Waals surface area contributed by atoms with Crippen LogP contribution in [0.25, 0.3) is 0 Å². The monoisotopic (exact) mass is 222 g/mol. The van der Waals surface area contributed by atoms with Crippen molar-refractivity contribution in [3.05, 3.63) is 0 Å². The summed E-state index contributed by atoms with van der Waals surface area (Å²) in [5.74, 6) is -2.04. The number of hydrogen-bond donors (Lipinski definition) is 4. The van der Waals surface area contributed by atoms with Crippen molar-refractivity contribution in [1.29, 1.82) is 0 Å². The van der Waals surface area contributed by atoms with Gasteiger partial charge in [-0.1, -0.05) is 0 Å². The lowest BCUT2D eigenvalue weighted by Gasteiger charge is -2.12. The van der Waals surface area contributed by atoms with E-state index in [2.05, 4.69) is 0 Å². The first-order valence-corrected chi connectivity index (χ1v) is 5.06. The van der Waals surface area contributed by atoms with Crippen LogP contribution in [0.5, 0.6) is 0 Å². The quantitative estimate of drug-likeness (QED) is 0.432. The number of hydrogen-bond acceptors (Lipinski definition) is 5. The molecule has 0 saturated heterocycles. The third-order valence-electron chi connectivity index (χ3n) is 1.50. The SMILES string of the molecule is NCCC(SCC(N)C(=O)O)C(=O)O. The standard InChI is InChI=1S/C7H14N2O4S/c8-2-1-5(7(12)13)14-3-4(9)6(10)11/h4-5H,1-3,8-9H2,(H,10,11)(H,12,13). The Morgan fingerprint density at radius 2 is 1.86 bits per heavy atom. The Kier molecular flexibility index (Phi) is 6.26. The van der Waals surface area contributed by atoms with Gasteiger partial charge in [0.25, 0.3) is 0 Å². The van der Waals surface area contributed by atoms with E-state index >= 15 is 0 Å². The Hall–Kier alpha value is -0.790. The fourth-order valence-electron chi connectivity index (χ4n) is 0.721. The molecule has 0 heterocycles. The van der Waals surface area contributed by atoms with Crippen molar-refractivity contribution >= 4 is 23.7 Å². The molecule has 82 valence electrons. The van der Waals surface area contributed by atoms with Gasteiger partial charge in [-0.05, 0) is 13.0 Å². The van der Waals surface area contributed by atoms with Crippen molar-refractivity contribution in [1.82, 2.24) is 0 Å². The summed E-state index contributed by atoms with van der Waals surface area (Å²) in [6.45, 7) is 0.256. The van der Waals surface area contributed by atoms with Gasteiger partial charge in [0.15, 0.2) is 0 Å². The van der Waals surface area contributed by atoms with Gasteiger partial charge in [-0.2, -0.15) is 0 Å². The number of carboxylic acid groups (broad SMARTS) is 2. The summed E-state index contributed by atoms with van der Waals surface area (Å²) >= 11 is 1.01. The molecule has 0 aliphatic heterocycles. The van der Waals surface area contributed by atoms with Crippen molar-refractivity contribution in [2.75, 3.05) is 12.3 Å². The molecule has 6 nitrogen and oxygen atoms in total. The minimum atomic E-state index is -1.13. The van der Waals surface area contributed by atoms with Crippen LogP contribution in [0.4, 0.5) is 0 Å². The van der Waals surface area contributed by atoms with E-state index in [-0.39, 0.29) is 12.3 Å². The maximum atomic E-state index is 10.6. The van der Waals surface area contributed by atoms with Crippen LogP contribution in [-0.4, -0.2) is 45.7 Å². The summed E-state index contributed by atoms with van der Waals surface area (Å²) in [7, 11) is 0. The Morgan fingerprint density at radius 1 is 1.29 bits per heavy atom. The molecule has 0 aliphatic carbocycles. The van der Waals surface area contributed by atoms with E-state index < -0.39 is 23.2 Å². The highest BCUT2D eigenvalue weighted by atomic mass is 32.2.